The van der Waals surface area contributed by atoms with Crippen LogP contribution in [0.3, 0.4) is 0 Å². The van der Waals surface area contributed by atoms with Gasteiger partial charge in [-0.25, -0.2) is 9.97 Å². The summed E-state index contributed by atoms with van der Waals surface area (Å²) < 4.78 is 0. The number of nitrogens with one attached hydrogen (secondary N) is 2. The summed E-state index contributed by atoms with van der Waals surface area (Å²) in [7, 11) is 0. The van der Waals surface area contributed by atoms with Crippen molar-refractivity contribution < 1.29 is 4.79 Å². The third-order valence-electron chi connectivity index (χ3n) is 4.36. The molecule has 0 spiro atoms. The van der Waals surface area contributed by atoms with E-state index in [9.17, 15) is 4.79 Å². The van der Waals surface area contributed by atoms with Gasteiger partial charge in [-0.15, -0.1) is 0 Å². The highest BCUT2D eigenvalue weighted by Crippen LogP contribution is 2.26. The first kappa shape index (κ1) is 17.9. The lowest BCUT2D eigenvalue weighted by molar-refractivity contribution is 0.101. The number of amides is 1. The number of hydrogen-bond acceptors (Lipinski definition) is 4. The minimum absolute atomic E-state index is 0.0801. The molecule has 6 heteroatoms. The number of anilines is 3. The summed E-state index contributed by atoms with van der Waals surface area (Å²) in [6.45, 7) is 1.85. The van der Waals surface area contributed by atoms with Gasteiger partial charge in [0.25, 0.3) is 5.91 Å². The first-order valence-corrected chi connectivity index (χ1v) is 9.15. The van der Waals surface area contributed by atoms with Crippen LogP contribution >= 0.6 is 11.6 Å². The number of rotatable bonds is 4. The van der Waals surface area contributed by atoms with E-state index >= 15 is 0 Å². The van der Waals surface area contributed by atoms with Crippen LogP contribution in [0.25, 0.3) is 10.9 Å². The zero-order valence-electron chi connectivity index (χ0n) is 15.1. The van der Waals surface area contributed by atoms with E-state index in [2.05, 4.69) is 20.6 Å². The Morgan fingerprint density at radius 3 is 2.46 bits per heavy atom. The number of halogens is 1. The first-order valence-electron chi connectivity index (χ1n) is 8.77. The van der Waals surface area contributed by atoms with E-state index in [0.717, 1.165) is 16.6 Å². The second-order valence-corrected chi connectivity index (χ2v) is 6.68. The maximum Gasteiger partial charge on any atom is 0.293 e. The third-order valence-corrected chi connectivity index (χ3v) is 4.77. The molecule has 0 atom stereocenters. The Kier molecular flexibility index (Phi) is 4.91. The summed E-state index contributed by atoms with van der Waals surface area (Å²) >= 11 is 6.14. The van der Waals surface area contributed by atoms with Crippen molar-refractivity contribution in [3.63, 3.8) is 0 Å². The molecule has 3 aromatic carbocycles. The fraction of sp³-hybridized carbons (Fsp3) is 0.0455. The van der Waals surface area contributed by atoms with E-state index in [4.69, 9.17) is 11.6 Å². The molecule has 0 bridgehead atoms. The molecule has 0 radical (unpaired) electrons. The number of hydrogen-bond donors (Lipinski definition) is 2. The van der Waals surface area contributed by atoms with E-state index in [1.54, 1.807) is 18.2 Å². The van der Waals surface area contributed by atoms with Gasteiger partial charge in [0.05, 0.1) is 5.52 Å². The largest absolute Gasteiger partial charge is 0.340 e. The lowest BCUT2D eigenvalue weighted by atomic mass is 10.2. The number of carbonyl (C=O) groups is 1. The van der Waals surface area contributed by atoms with Crippen LogP contribution in [-0.4, -0.2) is 15.9 Å². The molecule has 0 aliphatic heterocycles. The maximum atomic E-state index is 12.8. The SMILES string of the molecule is Cc1c(Cl)cccc1NC(=O)c1nc(Nc2ccccc2)c2ccccc2n1. The van der Waals surface area contributed by atoms with Gasteiger partial charge in [-0.2, -0.15) is 0 Å². The van der Waals surface area contributed by atoms with Gasteiger partial charge in [0.1, 0.15) is 5.82 Å². The van der Waals surface area contributed by atoms with Gasteiger partial charge in [-0.1, -0.05) is 48.0 Å². The quantitative estimate of drug-likeness (QED) is 0.478. The summed E-state index contributed by atoms with van der Waals surface area (Å²) in [6.07, 6.45) is 0. The van der Waals surface area contributed by atoms with Gasteiger partial charge < -0.3 is 10.6 Å². The van der Waals surface area contributed by atoms with E-state index in [1.807, 2.05) is 61.5 Å². The van der Waals surface area contributed by atoms with Crippen LogP contribution in [0.5, 0.6) is 0 Å². The molecule has 0 fully saturated rings. The van der Waals surface area contributed by atoms with E-state index in [0.29, 0.717) is 22.0 Å². The van der Waals surface area contributed by atoms with Crippen LogP contribution in [0, 0.1) is 6.92 Å². The first-order chi connectivity index (χ1) is 13.6. The Bertz CT molecular complexity index is 1160. The van der Waals surface area contributed by atoms with Crippen LogP contribution in [0.2, 0.25) is 5.02 Å². The molecular formula is C22H17ClN4O. The molecule has 0 aliphatic carbocycles. The average Bonchev–Trinajstić information content (AvgIpc) is 2.72. The molecule has 0 aliphatic rings. The standard InChI is InChI=1S/C22H17ClN4O/c1-14-17(23)11-7-13-18(14)26-22(28)21-25-19-12-6-5-10-16(19)20(27-21)24-15-8-3-2-4-9-15/h2-13H,1H3,(H,26,28)(H,24,25,27). The monoisotopic (exact) mass is 388 g/mol. The molecule has 4 aromatic rings. The Balaban J connectivity index is 1.73. The van der Waals surface area contributed by atoms with E-state index in [-0.39, 0.29) is 5.82 Å². The molecule has 1 heterocycles. The van der Waals surface area contributed by atoms with Crippen molar-refractivity contribution in [3.05, 3.63) is 89.2 Å². The predicted molar refractivity (Wildman–Crippen MR) is 113 cm³/mol. The second kappa shape index (κ2) is 7.66. The van der Waals surface area contributed by atoms with Crippen LogP contribution in [-0.2, 0) is 0 Å². The Morgan fingerprint density at radius 2 is 1.64 bits per heavy atom. The number of fused-ring (bicyclic) bond motifs is 1. The zero-order valence-corrected chi connectivity index (χ0v) is 15.9. The average molecular weight is 389 g/mol. The fourth-order valence-electron chi connectivity index (χ4n) is 2.85. The van der Waals surface area contributed by atoms with Gasteiger partial charge in [-0.05, 0) is 48.9 Å². The number of benzene rings is 3. The Labute approximate surface area is 167 Å². The van der Waals surface area contributed by atoms with E-state index in [1.165, 1.54) is 0 Å². The van der Waals surface area contributed by atoms with Crippen molar-refractivity contribution in [1.82, 2.24) is 9.97 Å². The molecule has 0 saturated carbocycles. The van der Waals surface area contributed by atoms with Gasteiger partial charge in [0, 0.05) is 21.8 Å². The lowest BCUT2D eigenvalue weighted by Gasteiger charge is -2.12. The summed E-state index contributed by atoms with van der Waals surface area (Å²) in [5, 5.41) is 7.54. The molecule has 0 unspecified atom stereocenters. The molecule has 1 aromatic heterocycles. The summed E-state index contributed by atoms with van der Waals surface area (Å²) in [6, 6.07) is 22.6. The Hall–Kier alpha value is -3.44. The van der Waals surface area contributed by atoms with Crippen molar-refractivity contribution in [3.8, 4) is 0 Å². The molecule has 138 valence electrons. The van der Waals surface area contributed by atoms with Gasteiger partial charge >= 0.3 is 0 Å². The van der Waals surface area contributed by atoms with Crippen molar-refractivity contribution in [1.29, 1.82) is 0 Å². The van der Waals surface area contributed by atoms with Crippen LogP contribution in [0.4, 0.5) is 17.2 Å². The lowest BCUT2D eigenvalue weighted by Crippen LogP contribution is -2.17. The summed E-state index contributed by atoms with van der Waals surface area (Å²) in [5.41, 5.74) is 2.99. The molecule has 28 heavy (non-hydrogen) atoms. The van der Waals surface area contributed by atoms with Crippen molar-refractivity contribution >= 4 is 45.6 Å². The fourth-order valence-corrected chi connectivity index (χ4v) is 3.03. The molecule has 2 N–H and O–H groups in total. The topological polar surface area (TPSA) is 66.9 Å². The minimum atomic E-state index is -0.396. The van der Waals surface area contributed by atoms with Crippen molar-refractivity contribution in [2.45, 2.75) is 6.92 Å². The third kappa shape index (κ3) is 3.66. The molecule has 0 saturated heterocycles. The van der Waals surface area contributed by atoms with Crippen LogP contribution in [0.15, 0.2) is 72.8 Å². The second-order valence-electron chi connectivity index (χ2n) is 6.27. The number of aromatic nitrogens is 2. The number of carbonyl (C=O) groups excluding carboxylic acids is 1. The highest BCUT2D eigenvalue weighted by atomic mass is 35.5. The zero-order chi connectivity index (χ0) is 19.5. The van der Waals surface area contributed by atoms with Crippen LogP contribution < -0.4 is 10.6 Å². The molecule has 4 rings (SSSR count). The maximum absolute atomic E-state index is 12.8. The highest BCUT2D eigenvalue weighted by Gasteiger charge is 2.15. The highest BCUT2D eigenvalue weighted by molar-refractivity contribution is 6.31. The summed E-state index contributed by atoms with van der Waals surface area (Å²) in [5.74, 6) is 0.258. The predicted octanol–water partition coefficient (Wildman–Crippen LogP) is 5.59. The smallest absolute Gasteiger partial charge is 0.293 e. The van der Waals surface area contributed by atoms with Gasteiger partial charge in [-0.3, -0.25) is 4.79 Å². The van der Waals surface area contributed by atoms with Gasteiger partial charge in [0.2, 0.25) is 5.82 Å². The van der Waals surface area contributed by atoms with Crippen LogP contribution in [0.1, 0.15) is 16.2 Å². The summed E-state index contributed by atoms with van der Waals surface area (Å²) in [4.78, 5) is 21.7. The number of para-hydroxylation sites is 2. The molecular weight excluding hydrogens is 372 g/mol. The van der Waals surface area contributed by atoms with E-state index < -0.39 is 5.91 Å². The molecule has 1 amide bonds. The van der Waals surface area contributed by atoms with Crippen molar-refractivity contribution in [2.75, 3.05) is 10.6 Å². The molecule has 5 nitrogen and oxygen atoms in total. The Morgan fingerprint density at radius 1 is 0.893 bits per heavy atom. The minimum Gasteiger partial charge on any atom is -0.340 e. The normalized spacial score (nSPS) is 10.6. The van der Waals surface area contributed by atoms with Gasteiger partial charge in [0.15, 0.2) is 0 Å². The number of nitrogens with zero attached hydrogens (tertiary/aromatic N) is 2. The van der Waals surface area contributed by atoms with Crippen molar-refractivity contribution in [2.24, 2.45) is 0 Å².